The first-order valence-corrected chi connectivity index (χ1v) is 7.29. The third-order valence-electron chi connectivity index (χ3n) is 2.78. The molecular weight excluding hydrogens is 258 g/mol. The zero-order valence-electron chi connectivity index (χ0n) is 11.8. The van der Waals surface area contributed by atoms with Crippen LogP contribution in [0.3, 0.4) is 0 Å². The van der Waals surface area contributed by atoms with Gasteiger partial charge in [-0.05, 0) is 25.5 Å². The molecule has 1 aromatic heterocycles. The van der Waals surface area contributed by atoms with Gasteiger partial charge < -0.3 is 10.2 Å². The van der Waals surface area contributed by atoms with Crippen LogP contribution in [0.25, 0.3) is 0 Å². The Kier molecular flexibility index (Phi) is 7.40. The molecule has 0 radical (unpaired) electrons. The molecule has 0 spiro atoms. The fourth-order valence-electron chi connectivity index (χ4n) is 1.71. The molecule has 1 N–H and O–H groups in total. The van der Waals surface area contributed by atoms with Crippen molar-refractivity contribution in [1.29, 1.82) is 0 Å². The van der Waals surface area contributed by atoms with E-state index in [-0.39, 0.29) is 5.91 Å². The van der Waals surface area contributed by atoms with Crippen LogP contribution in [0.5, 0.6) is 0 Å². The lowest BCUT2D eigenvalue weighted by Gasteiger charge is -2.24. The van der Waals surface area contributed by atoms with Gasteiger partial charge in [0.15, 0.2) is 0 Å². The molecule has 1 rings (SSSR count). The minimum atomic E-state index is 0.145. The second-order valence-corrected chi connectivity index (χ2v) is 5.52. The number of rotatable bonds is 9. The Bertz CT molecular complexity index is 378. The molecule has 0 fully saturated rings. The SMILES string of the molecule is C=CCN(Cc1cccs1)C(=O)CN(C)CCNC. The highest BCUT2D eigenvalue weighted by atomic mass is 32.1. The molecule has 0 atom stereocenters. The number of carbonyl (C=O) groups excluding carboxylic acids is 1. The van der Waals surface area contributed by atoms with E-state index >= 15 is 0 Å². The van der Waals surface area contributed by atoms with E-state index < -0.39 is 0 Å². The first kappa shape index (κ1) is 15.9. The van der Waals surface area contributed by atoms with Crippen LogP contribution in [0.1, 0.15) is 4.88 Å². The molecule has 1 aromatic rings. The van der Waals surface area contributed by atoms with E-state index in [1.807, 2.05) is 35.3 Å². The summed E-state index contributed by atoms with van der Waals surface area (Å²) in [5.41, 5.74) is 0. The topological polar surface area (TPSA) is 35.6 Å². The van der Waals surface area contributed by atoms with Crippen molar-refractivity contribution in [1.82, 2.24) is 15.1 Å². The maximum atomic E-state index is 12.3. The zero-order chi connectivity index (χ0) is 14.1. The third-order valence-corrected chi connectivity index (χ3v) is 3.64. The Balaban J connectivity index is 2.50. The van der Waals surface area contributed by atoms with Crippen molar-refractivity contribution in [3.05, 3.63) is 35.0 Å². The van der Waals surface area contributed by atoms with Crippen molar-refractivity contribution in [3.63, 3.8) is 0 Å². The molecule has 19 heavy (non-hydrogen) atoms. The summed E-state index contributed by atoms with van der Waals surface area (Å²) in [7, 11) is 3.88. The predicted molar refractivity (Wildman–Crippen MR) is 81.4 cm³/mol. The number of thiophene rings is 1. The minimum absolute atomic E-state index is 0.145. The van der Waals surface area contributed by atoms with Gasteiger partial charge in [-0.15, -0.1) is 17.9 Å². The molecule has 0 saturated carbocycles. The van der Waals surface area contributed by atoms with Crippen molar-refractivity contribution < 1.29 is 4.79 Å². The average molecular weight is 281 g/mol. The summed E-state index contributed by atoms with van der Waals surface area (Å²) in [6.07, 6.45) is 1.78. The van der Waals surface area contributed by atoms with E-state index in [0.717, 1.165) is 13.1 Å². The number of likely N-dealkylation sites (N-methyl/N-ethyl adjacent to an activating group) is 2. The standard InChI is InChI=1S/C14H23N3OS/c1-4-8-17(11-13-6-5-10-19-13)14(18)12-16(3)9-7-15-2/h4-6,10,15H,1,7-9,11-12H2,2-3H3. The smallest absolute Gasteiger partial charge is 0.237 e. The highest BCUT2D eigenvalue weighted by Gasteiger charge is 2.15. The Morgan fingerprint density at radius 3 is 2.95 bits per heavy atom. The number of nitrogens with one attached hydrogen (secondary N) is 1. The molecule has 0 saturated heterocycles. The number of nitrogens with zero attached hydrogens (tertiary/aromatic N) is 2. The number of amides is 1. The van der Waals surface area contributed by atoms with Crippen LogP contribution in [-0.2, 0) is 11.3 Å². The first-order valence-electron chi connectivity index (χ1n) is 6.41. The highest BCUT2D eigenvalue weighted by Crippen LogP contribution is 2.12. The molecule has 0 bridgehead atoms. The van der Waals surface area contributed by atoms with Gasteiger partial charge >= 0.3 is 0 Å². The Morgan fingerprint density at radius 1 is 1.58 bits per heavy atom. The summed E-state index contributed by atoms with van der Waals surface area (Å²) in [5.74, 6) is 0.145. The van der Waals surface area contributed by atoms with E-state index in [9.17, 15) is 4.79 Å². The van der Waals surface area contributed by atoms with Gasteiger partial charge in [-0.2, -0.15) is 0 Å². The maximum Gasteiger partial charge on any atom is 0.237 e. The van der Waals surface area contributed by atoms with Crippen molar-refractivity contribution in [2.75, 3.05) is 40.3 Å². The fraction of sp³-hybridized carbons (Fsp3) is 0.500. The number of hydrogen-bond donors (Lipinski definition) is 1. The number of hydrogen-bond acceptors (Lipinski definition) is 4. The Hall–Kier alpha value is -1.17. The molecule has 0 aromatic carbocycles. The van der Waals surface area contributed by atoms with E-state index in [1.54, 1.807) is 17.4 Å². The predicted octanol–water partition coefficient (Wildman–Crippen LogP) is 1.41. The molecule has 0 aliphatic heterocycles. The molecule has 0 aliphatic rings. The zero-order valence-corrected chi connectivity index (χ0v) is 12.6. The van der Waals surface area contributed by atoms with Gasteiger partial charge in [-0.1, -0.05) is 12.1 Å². The lowest BCUT2D eigenvalue weighted by Crippen LogP contribution is -2.40. The summed E-state index contributed by atoms with van der Waals surface area (Å²) < 4.78 is 0. The van der Waals surface area contributed by atoms with Crippen LogP contribution in [0.2, 0.25) is 0 Å². The second kappa shape index (κ2) is 8.85. The van der Waals surface area contributed by atoms with Gasteiger partial charge in [-0.25, -0.2) is 0 Å². The molecule has 1 heterocycles. The van der Waals surface area contributed by atoms with Crippen LogP contribution in [0.15, 0.2) is 30.2 Å². The van der Waals surface area contributed by atoms with Gasteiger partial charge in [0.1, 0.15) is 0 Å². The lowest BCUT2D eigenvalue weighted by molar-refractivity contribution is -0.132. The molecule has 4 nitrogen and oxygen atoms in total. The van der Waals surface area contributed by atoms with Crippen molar-refractivity contribution >= 4 is 17.2 Å². The molecular formula is C14H23N3OS. The van der Waals surface area contributed by atoms with Gasteiger partial charge in [0, 0.05) is 24.5 Å². The average Bonchev–Trinajstić information content (AvgIpc) is 2.88. The second-order valence-electron chi connectivity index (χ2n) is 4.48. The van der Waals surface area contributed by atoms with Crippen molar-refractivity contribution in [2.45, 2.75) is 6.54 Å². The van der Waals surface area contributed by atoms with E-state index in [2.05, 4.69) is 18.0 Å². The van der Waals surface area contributed by atoms with Gasteiger partial charge in [0.25, 0.3) is 0 Å². The molecule has 0 unspecified atom stereocenters. The first-order chi connectivity index (χ1) is 9.17. The minimum Gasteiger partial charge on any atom is -0.333 e. The number of carbonyl (C=O) groups is 1. The summed E-state index contributed by atoms with van der Waals surface area (Å²) in [5, 5.41) is 5.11. The fourth-order valence-corrected chi connectivity index (χ4v) is 2.43. The molecule has 5 heteroatoms. The lowest BCUT2D eigenvalue weighted by atomic mass is 10.3. The Morgan fingerprint density at radius 2 is 2.37 bits per heavy atom. The van der Waals surface area contributed by atoms with Crippen LogP contribution < -0.4 is 5.32 Å². The van der Waals surface area contributed by atoms with Gasteiger partial charge in [0.05, 0.1) is 13.1 Å². The monoisotopic (exact) mass is 281 g/mol. The summed E-state index contributed by atoms with van der Waals surface area (Å²) in [6.45, 7) is 7.18. The van der Waals surface area contributed by atoms with Crippen LogP contribution in [0, 0.1) is 0 Å². The summed E-state index contributed by atoms with van der Waals surface area (Å²) in [4.78, 5) is 17.3. The summed E-state index contributed by atoms with van der Waals surface area (Å²) >= 11 is 1.68. The van der Waals surface area contributed by atoms with E-state index in [1.165, 1.54) is 4.88 Å². The molecule has 0 aliphatic carbocycles. The van der Waals surface area contributed by atoms with Crippen LogP contribution in [0.4, 0.5) is 0 Å². The third kappa shape index (κ3) is 6.00. The normalized spacial score (nSPS) is 10.7. The molecule has 1 amide bonds. The van der Waals surface area contributed by atoms with Gasteiger partial charge in [0.2, 0.25) is 5.91 Å². The van der Waals surface area contributed by atoms with Gasteiger partial charge in [-0.3, -0.25) is 9.69 Å². The van der Waals surface area contributed by atoms with Crippen LogP contribution >= 0.6 is 11.3 Å². The van der Waals surface area contributed by atoms with Crippen molar-refractivity contribution in [2.24, 2.45) is 0 Å². The van der Waals surface area contributed by atoms with E-state index in [4.69, 9.17) is 0 Å². The van der Waals surface area contributed by atoms with E-state index in [0.29, 0.717) is 19.6 Å². The highest BCUT2D eigenvalue weighted by molar-refractivity contribution is 7.09. The quantitative estimate of drug-likeness (QED) is 0.695. The Labute approximate surface area is 119 Å². The maximum absolute atomic E-state index is 12.3. The largest absolute Gasteiger partial charge is 0.333 e. The summed E-state index contributed by atoms with van der Waals surface area (Å²) in [6, 6.07) is 4.06. The van der Waals surface area contributed by atoms with Crippen molar-refractivity contribution in [3.8, 4) is 0 Å². The van der Waals surface area contributed by atoms with Crippen LogP contribution in [-0.4, -0.2) is 56.0 Å². The molecule has 106 valence electrons.